The minimum absolute atomic E-state index is 0.546. The molecule has 1 atom stereocenters. The zero-order valence-corrected chi connectivity index (χ0v) is 17.9. The first kappa shape index (κ1) is 18.8. The van der Waals surface area contributed by atoms with Crippen LogP contribution in [0, 0.1) is 11.3 Å². The number of rotatable bonds is 3. The van der Waals surface area contributed by atoms with Gasteiger partial charge in [-0.05, 0) is 61.0 Å². The van der Waals surface area contributed by atoms with E-state index >= 15 is 0 Å². The van der Waals surface area contributed by atoms with E-state index in [-0.39, 0.29) is 0 Å². The third-order valence-corrected chi connectivity index (χ3v) is 6.65. The number of nitrogens with one attached hydrogen (secondary N) is 1. The Kier molecular flexibility index (Phi) is 4.33. The monoisotopic (exact) mass is 421 g/mol. The summed E-state index contributed by atoms with van der Waals surface area (Å²) in [6.07, 6.45) is 5.13. The van der Waals surface area contributed by atoms with E-state index in [9.17, 15) is 0 Å². The van der Waals surface area contributed by atoms with E-state index in [4.69, 9.17) is 5.26 Å². The molecule has 1 N–H and O–H groups in total. The van der Waals surface area contributed by atoms with Gasteiger partial charge < -0.3 is 14.8 Å². The molecule has 158 valence electrons. The Morgan fingerprint density at radius 1 is 1.09 bits per heavy atom. The number of likely N-dealkylation sites (N-methyl/N-ethyl adjacent to an activating group) is 1. The lowest BCUT2D eigenvalue weighted by Crippen LogP contribution is -2.29. The van der Waals surface area contributed by atoms with Gasteiger partial charge in [0.2, 0.25) is 0 Å². The van der Waals surface area contributed by atoms with Crippen LogP contribution in [0.3, 0.4) is 0 Å². The van der Waals surface area contributed by atoms with Crippen LogP contribution in [0.5, 0.6) is 0 Å². The average Bonchev–Trinajstić information content (AvgIpc) is 3.57. The molecular weight excluding hydrogens is 398 g/mol. The predicted octanol–water partition coefficient (Wildman–Crippen LogP) is 3.43. The van der Waals surface area contributed by atoms with Gasteiger partial charge in [-0.15, -0.1) is 10.2 Å². The molecule has 0 bridgehead atoms. The van der Waals surface area contributed by atoms with Gasteiger partial charge in [0, 0.05) is 43.1 Å². The number of nitriles is 1. The number of benzene rings is 2. The first-order chi connectivity index (χ1) is 15.7. The third kappa shape index (κ3) is 3.00. The Bertz CT molecular complexity index is 1340. The Hall–Kier alpha value is -3.89. The second kappa shape index (κ2) is 7.36. The maximum absolute atomic E-state index is 9.09. The van der Waals surface area contributed by atoms with Crippen molar-refractivity contribution in [3.8, 4) is 34.4 Å². The molecule has 4 aromatic rings. The lowest BCUT2D eigenvalue weighted by molar-refractivity contribution is 0.617. The quantitative estimate of drug-likeness (QED) is 0.483. The highest BCUT2D eigenvalue weighted by Gasteiger charge is 2.25. The molecule has 2 aliphatic heterocycles. The van der Waals surface area contributed by atoms with Gasteiger partial charge in [0.25, 0.3) is 0 Å². The zero-order chi connectivity index (χ0) is 21.7. The van der Waals surface area contributed by atoms with Gasteiger partial charge in [0.1, 0.15) is 6.33 Å². The standard InChI is InChI=1S/C25H23N7/c1-27-21-8-9-30(15-21)22-6-7-23-20(10-22)14-31-13-19(18-4-2-17(12-26)3-5-18)11-24(31)25-29-28-16-32(23)25/h2-7,10-11,13,16,21,27H,8-9,14-15H2,1H3/t21-/m1/s1. The van der Waals surface area contributed by atoms with Gasteiger partial charge in [-0.25, -0.2) is 0 Å². The Morgan fingerprint density at radius 2 is 1.97 bits per heavy atom. The maximum Gasteiger partial charge on any atom is 0.185 e. The van der Waals surface area contributed by atoms with Gasteiger partial charge in [-0.2, -0.15) is 5.26 Å². The molecule has 6 rings (SSSR count). The summed E-state index contributed by atoms with van der Waals surface area (Å²) in [7, 11) is 2.04. The van der Waals surface area contributed by atoms with Crippen molar-refractivity contribution in [3.05, 3.63) is 72.2 Å². The molecule has 4 heterocycles. The Morgan fingerprint density at radius 3 is 2.75 bits per heavy atom. The molecule has 1 fully saturated rings. The number of hydrogen-bond donors (Lipinski definition) is 1. The van der Waals surface area contributed by atoms with E-state index in [0.29, 0.717) is 11.6 Å². The minimum atomic E-state index is 0.546. The fourth-order valence-corrected chi connectivity index (χ4v) is 4.85. The van der Waals surface area contributed by atoms with Crippen LogP contribution in [0.2, 0.25) is 0 Å². The van der Waals surface area contributed by atoms with Crippen molar-refractivity contribution in [2.45, 2.75) is 19.0 Å². The van der Waals surface area contributed by atoms with Gasteiger partial charge in [-0.1, -0.05) is 12.1 Å². The molecule has 0 radical (unpaired) electrons. The zero-order valence-electron chi connectivity index (χ0n) is 17.9. The van der Waals surface area contributed by atoms with Crippen LogP contribution in [0.15, 0.2) is 61.1 Å². The molecule has 0 unspecified atom stereocenters. The predicted molar refractivity (Wildman–Crippen MR) is 124 cm³/mol. The van der Waals surface area contributed by atoms with Crippen LogP contribution in [0.25, 0.3) is 28.3 Å². The van der Waals surface area contributed by atoms with Gasteiger partial charge in [0.05, 0.1) is 23.0 Å². The highest BCUT2D eigenvalue weighted by atomic mass is 15.3. The van der Waals surface area contributed by atoms with Crippen LogP contribution >= 0.6 is 0 Å². The van der Waals surface area contributed by atoms with Crippen molar-refractivity contribution in [3.63, 3.8) is 0 Å². The summed E-state index contributed by atoms with van der Waals surface area (Å²) < 4.78 is 4.34. The largest absolute Gasteiger partial charge is 0.370 e. The number of aromatic nitrogens is 4. The fourth-order valence-electron chi connectivity index (χ4n) is 4.85. The van der Waals surface area contributed by atoms with Crippen molar-refractivity contribution in [2.24, 2.45) is 0 Å². The number of fused-ring (bicyclic) bond motifs is 5. The SMILES string of the molecule is CN[C@@H]1CCN(c2ccc3c(c2)Cn2cc(-c4ccc(C#N)cc4)cc2-c2nncn2-3)C1. The first-order valence-corrected chi connectivity index (χ1v) is 10.9. The summed E-state index contributed by atoms with van der Waals surface area (Å²) in [5.74, 6) is 0.841. The fraction of sp³-hybridized carbons (Fsp3) is 0.240. The van der Waals surface area contributed by atoms with E-state index in [0.717, 1.165) is 48.0 Å². The van der Waals surface area contributed by atoms with Crippen LogP contribution in [0.4, 0.5) is 5.69 Å². The first-order valence-electron chi connectivity index (χ1n) is 10.9. The molecule has 2 aliphatic rings. The minimum Gasteiger partial charge on any atom is -0.370 e. The lowest BCUT2D eigenvalue weighted by Gasteiger charge is -2.21. The Labute approximate surface area is 186 Å². The van der Waals surface area contributed by atoms with Gasteiger partial charge >= 0.3 is 0 Å². The molecule has 7 nitrogen and oxygen atoms in total. The van der Waals surface area contributed by atoms with Crippen molar-refractivity contribution >= 4 is 5.69 Å². The molecule has 0 amide bonds. The second-order valence-electron chi connectivity index (χ2n) is 8.49. The molecule has 0 aliphatic carbocycles. The van der Waals surface area contributed by atoms with E-state index in [1.54, 1.807) is 6.33 Å². The number of hydrogen-bond acceptors (Lipinski definition) is 5. The summed E-state index contributed by atoms with van der Waals surface area (Å²) in [6.45, 7) is 2.87. The van der Waals surface area contributed by atoms with Crippen molar-refractivity contribution < 1.29 is 0 Å². The number of anilines is 1. The van der Waals surface area contributed by atoms with Crippen molar-refractivity contribution in [2.75, 3.05) is 25.0 Å². The highest BCUT2D eigenvalue weighted by molar-refractivity contribution is 5.72. The van der Waals surface area contributed by atoms with Crippen LogP contribution in [0.1, 0.15) is 17.5 Å². The van der Waals surface area contributed by atoms with Crippen LogP contribution < -0.4 is 10.2 Å². The second-order valence-corrected chi connectivity index (χ2v) is 8.49. The molecule has 0 spiro atoms. The van der Waals surface area contributed by atoms with E-state index in [1.807, 2.05) is 31.3 Å². The van der Waals surface area contributed by atoms with E-state index < -0.39 is 0 Å². The lowest BCUT2D eigenvalue weighted by atomic mass is 10.1. The van der Waals surface area contributed by atoms with Crippen LogP contribution in [-0.4, -0.2) is 45.5 Å². The van der Waals surface area contributed by atoms with Crippen molar-refractivity contribution in [1.29, 1.82) is 5.26 Å². The molecule has 1 saturated heterocycles. The smallest absolute Gasteiger partial charge is 0.185 e. The molecular formula is C25H23N7. The topological polar surface area (TPSA) is 74.7 Å². The average molecular weight is 422 g/mol. The third-order valence-electron chi connectivity index (χ3n) is 6.65. The summed E-state index contributed by atoms with van der Waals surface area (Å²) in [5, 5.41) is 21.1. The maximum atomic E-state index is 9.09. The normalized spacial score (nSPS) is 16.8. The van der Waals surface area contributed by atoms with Crippen molar-refractivity contribution in [1.82, 2.24) is 24.6 Å². The van der Waals surface area contributed by atoms with E-state index in [1.165, 1.54) is 17.7 Å². The summed E-state index contributed by atoms with van der Waals surface area (Å²) >= 11 is 0. The molecule has 32 heavy (non-hydrogen) atoms. The van der Waals surface area contributed by atoms with E-state index in [2.05, 4.69) is 66.1 Å². The summed E-state index contributed by atoms with van der Waals surface area (Å²) in [5.41, 5.74) is 7.53. The molecule has 2 aromatic heterocycles. The molecule has 0 saturated carbocycles. The summed E-state index contributed by atoms with van der Waals surface area (Å²) in [4.78, 5) is 2.46. The Balaban J connectivity index is 1.42. The molecule has 2 aromatic carbocycles. The summed E-state index contributed by atoms with van der Waals surface area (Å²) in [6, 6.07) is 19.3. The van der Waals surface area contributed by atoms with Gasteiger partial charge in [0.15, 0.2) is 5.82 Å². The highest BCUT2D eigenvalue weighted by Crippen LogP contribution is 2.35. The number of nitrogens with zero attached hydrogens (tertiary/aromatic N) is 6. The van der Waals surface area contributed by atoms with Gasteiger partial charge in [-0.3, -0.25) is 4.57 Å². The van der Waals surface area contributed by atoms with Crippen LogP contribution in [-0.2, 0) is 6.54 Å². The molecule has 7 heteroatoms.